The Balaban J connectivity index is 0. The Morgan fingerprint density at radius 3 is 1.46 bits per heavy atom. The summed E-state index contributed by atoms with van der Waals surface area (Å²) in [5, 5.41) is 3.39. The molecule has 0 aliphatic rings. The lowest BCUT2D eigenvalue weighted by molar-refractivity contribution is 0.611. The summed E-state index contributed by atoms with van der Waals surface area (Å²) in [6.07, 6.45) is 5.26. The average molecular weight is 189 g/mol. The van der Waals surface area contributed by atoms with Crippen LogP contribution in [0.2, 0.25) is 0 Å². The smallest absolute Gasteiger partial charge is 0.00461 e. The second-order valence-corrected chi connectivity index (χ2v) is 3.03. The van der Waals surface area contributed by atoms with E-state index in [-0.39, 0.29) is 0 Å². The van der Waals surface area contributed by atoms with Gasteiger partial charge in [0.25, 0.3) is 0 Å². The third kappa shape index (κ3) is 24.5. The van der Waals surface area contributed by atoms with E-state index in [2.05, 4.69) is 19.2 Å². The molecule has 0 radical (unpaired) electrons. The number of nitrogens with two attached hydrogens (primary N) is 2. The monoisotopic (exact) mass is 189 g/mol. The Labute approximate surface area is 83.3 Å². The molecule has 0 amide bonds. The van der Waals surface area contributed by atoms with Crippen LogP contribution >= 0.6 is 0 Å². The normalized spacial score (nSPS) is 9.23. The first-order chi connectivity index (χ1) is 6.33. The van der Waals surface area contributed by atoms with Gasteiger partial charge in [-0.3, -0.25) is 0 Å². The molecule has 13 heavy (non-hydrogen) atoms. The summed E-state index contributed by atoms with van der Waals surface area (Å²) in [6.45, 7) is 8.05. The quantitative estimate of drug-likeness (QED) is 0.525. The third-order valence-corrected chi connectivity index (χ3v) is 1.58. The summed E-state index contributed by atoms with van der Waals surface area (Å²) < 4.78 is 0. The zero-order valence-corrected chi connectivity index (χ0v) is 9.31. The highest BCUT2D eigenvalue weighted by Crippen LogP contribution is 1.85. The van der Waals surface area contributed by atoms with Crippen LogP contribution in [0, 0.1) is 0 Å². The lowest BCUT2D eigenvalue weighted by Crippen LogP contribution is -2.15. The van der Waals surface area contributed by atoms with Crippen molar-refractivity contribution in [2.75, 3.05) is 26.2 Å². The zero-order valence-electron chi connectivity index (χ0n) is 9.31. The van der Waals surface area contributed by atoms with E-state index in [0.717, 1.165) is 0 Å². The van der Waals surface area contributed by atoms with E-state index in [0.29, 0.717) is 13.1 Å². The van der Waals surface area contributed by atoms with Gasteiger partial charge in [0.2, 0.25) is 0 Å². The molecule has 0 aromatic carbocycles. The molecule has 3 nitrogen and oxygen atoms in total. The number of unbranched alkanes of at least 4 members (excludes halogenated alkanes) is 2. The molecule has 0 bridgehead atoms. The molecular weight excluding hydrogens is 162 g/mol. The van der Waals surface area contributed by atoms with E-state index in [9.17, 15) is 0 Å². The highest BCUT2D eigenvalue weighted by Gasteiger charge is 1.83. The zero-order chi connectivity index (χ0) is 10.4. The van der Waals surface area contributed by atoms with Crippen molar-refractivity contribution in [2.24, 2.45) is 11.5 Å². The van der Waals surface area contributed by atoms with Gasteiger partial charge in [0.15, 0.2) is 0 Å². The largest absolute Gasteiger partial charge is 0.329 e. The van der Waals surface area contributed by atoms with Crippen LogP contribution in [0.4, 0.5) is 0 Å². The fraction of sp³-hybridized carbons (Fsp3) is 1.00. The predicted octanol–water partition coefficient (Wildman–Crippen LogP) is 1.08. The van der Waals surface area contributed by atoms with Crippen LogP contribution in [-0.2, 0) is 0 Å². The Bertz CT molecular complexity index is 59.2. The van der Waals surface area contributed by atoms with E-state index in [1.165, 1.54) is 38.8 Å². The van der Waals surface area contributed by atoms with Crippen molar-refractivity contribution in [1.29, 1.82) is 0 Å². The molecule has 0 aromatic heterocycles. The van der Waals surface area contributed by atoms with Gasteiger partial charge < -0.3 is 16.8 Å². The van der Waals surface area contributed by atoms with Gasteiger partial charge in [-0.2, -0.15) is 0 Å². The van der Waals surface area contributed by atoms with Crippen molar-refractivity contribution in [3.63, 3.8) is 0 Å². The van der Waals surface area contributed by atoms with E-state index in [1.54, 1.807) is 0 Å². The summed E-state index contributed by atoms with van der Waals surface area (Å²) in [7, 11) is 0. The first-order valence-corrected chi connectivity index (χ1v) is 5.44. The fourth-order valence-electron chi connectivity index (χ4n) is 0.729. The maximum Gasteiger partial charge on any atom is 0.00461 e. The van der Waals surface area contributed by atoms with Gasteiger partial charge in [-0.25, -0.2) is 0 Å². The number of hydrogen-bond acceptors (Lipinski definition) is 3. The Morgan fingerprint density at radius 1 is 0.846 bits per heavy atom. The van der Waals surface area contributed by atoms with Crippen LogP contribution in [0.15, 0.2) is 0 Å². The molecule has 0 saturated heterocycles. The van der Waals surface area contributed by atoms with E-state index in [1.807, 2.05) is 0 Å². The van der Waals surface area contributed by atoms with Crippen LogP contribution in [-0.4, -0.2) is 26.2 Å². The number of nitrogens with one attached hydrogen (secondary N) is 1. The van der Waals surface area contributed by atoms with Crippen molar-refractivity contribution < 1.29 is 0 Å². The Morgan fingerprint density at radius 2 is 1.23 bits per heavy atom. The topological polar surface area (TPSA) is 64.1 Å². The first kappa shape index (κ1) is 15.4. The molecule has 0 fully saturated rings. The Kier molecular flexibility index (Phi) is 21.1. The minimum Gasteiger partial charge on any atom is -0.329 e. The van der Waals surface area contributed by atoms with Crippen LogP contribution in [0.5, 0.6) is 0 Å². The highest BCUT2D eigenvalue weighted by atomic mass is 14.8. The van der Waals surface area contributed by atoms with Crippen molar-refractivity contribution in [1.82, 2.24) is 5.32 Å². The molecule has 0 unspecified atom stereocenters. The Hall–Kier alpha value is -0.120. The molecule has 0 saturated carbocycles. The van der Waals surface area contributed by atoms with E-state index >= 15 is 0 Å². The van der Waals surface area contributed by atoms with Crippen molar-refractivity contribution >= 4 is 0 Å². The van der Waals surface area contributed by atoms with Gasteiger partial charge in [-0.05, 0) is 25.9 Å². The van der Waals surface area contributed by atoms with Crippen LogP contribution < -0.4 is 16.8 Å². The summed E-state index contributed by atoms with van der Waals surface area (Å²) >= 11 is 0. The van der Waals surface area contributed by atoms with E-state index in [4.69, 9.17) is 11.5 Å². The van der Waals surface area contributed by atoms with Crippen molar-refractivity contribution in [2.45, 2.75) is 39.5 Å². The molecule has 82 valence electrons. The maximum atomic E-state index is 4.90. The summed E-state index contributed by atoms with van der Waals surface area (Å²) in [4.78, 5) is 0. The van der Waals surface area contributed by atoms with Gasteiger partial charge in [0, 0.05) is 13.1 Å². The van der Waals surface area contributed by atoms with Crippen molar-refractivity contribution in [3.05, 3.63) is 0 Å². The summed E-state index contributed by atoms with van der Waals surface area (Å²) in [6, 6.07) is 0. The number of hydrogen-bond donors (Lipinski definition) is 3. The van der Waals surface area contributed by atoms with Crippen LogP contribution in [0.1, 0.15) is 39.5 Å². The highest BCUT2D eigenvalue weighted by molar-refractivity contribution is 4.45. The fourth-order valence-corrected chi connectivity index (χ4v) is 0.729. The lowest BCUT2D eigenvalue weighted by atomic mass is 10.3. The molecule has 3 heteroatoms. The van der Waals surface area contributed by atoms with Gasteiger partial charge in [0.1, 0.15) is 0 Å². The summed E-state index contributed by atoms with van der Waals surface area (Å²) in [5.41, 5.74) is 9.81. The molecule has 0 aliphatic carbocycles. The summed E-state index contributed by atoms with van der Waals surface area (Å²) in [5.74, 6) is 0. The first-order valence-electron chi connectivity index (χ1n) is 5.44. The van der Waals surface area contributed by atoms with Crippen LogP contribution in [0.25, 0.3) is 0 Å². The molecular formula is C10H27N3. The van der Waals surface area contributed by atoms with Gasteiger partial charge in [-0.15, -0.1) is 0 Å². The minimum atomic E-state index is 0.597. The molecule has 0 atom stereocenters. The maximum absolute atomic E-state index is 4.90. The molecule has 5 N–H and O–H groups in total. The minimum absolute atomic E-state index is 0.597. The van der Waals surface area contributed by atoms with Gasteiger partial charge in [0.05, 0.1) is 0 Å². The SMILES string of the molecule is CCCCNCCCC.NCCN. The standard InChI is InChI=1S/C8H19N.C2H8N2/c1-3-5-7-9-8-6-4-2;3-1-2-4/h9H,3-8H2,1-2H3;1-4H2. The van der Waals surface area contributed by atoms with E-state index < -0.39 is 0 Å². The average Bonchev–Trinajstić information content (AvgIpc) is 2.18. The molecule has 0 rings (SSSR count). The van der Waals surface area contributed by atoms with Gasteiger partial charge >= 0.3 is 0 Å². The predicted molar refractivity (Wildman–Crippen MR) is 60.8 cm³/mol. The third-order valence-electron chi connectivity index (χ3n) is 1.58. The number of rotatable bonds is 7. The second-order valence-electron chi connectivity index (χ2n) is 3.03. The molecule has 0 spiro atoms. The molecule has 0 aromatic rings. The lowest BCUT2D eigenvalue weighted by Gasteiger charge is -1.99. The van der Waals surface area contributed by atoms with Crippen LogP contribution in [0.3, 0.4) is 0 Å². The van der Waals surface area contributed by atoms with Gasteiger partial charge in [-0.1, -0.05) is 26.7 Å². The molecule has 0 heterocycles. The van der Waals surface area contributed by atoms with Crippen molar-refractivity contribution in [3.8, 4) is 0 Å². The second kappa shape index (κ2) is 17.8. The molecule has 0 aliphatic heterocycles.